The number of hydrogen-bond donors (Lipinski definition) is 1. The van der Waals surface area contributed by atoms with E-state index in [2.05, 4.69) is 26.1 Å². The van der Waals surface area contributed by atoms with Crippen molar-refractivity contribution in [1.29, 1.82) is 0 Å². The highest BCUT2D eigenvalue weighted by molar-refractivity contribution is 7.91. The van der Waals surface area contributed by atoms with Crippen LogP contribution in [0, 0.1) is 5.41 Å². The Morgan fingerprint density at radius 2 is 1.88 bits per heavy atom. The lowest BCUT2D eigenvalue weighted by molar-refractivity contribution is -0.118. The molecule has 6 heteroatoms. The molecule has 0 saturated carbocycles. The van der Waals surface area contributed by atoms with Crippen molar-refractivity contribution in [3.8, 4) is 0 Å². The number of hydrogen-bond acceptors (Lipinski definition) is 3. The molecule has 1 unspecified atom stereocenters. The van der Waals surface area contributed by atoms with Gasteiger partial charge in [-0.2, -0.15) is 0 Å². The number of nitrogens with one attached hydrogen (secondary N) is 1. The molecule has 4 nitrogen and oxygen atoms in total. The van der Waals surface area contributed by atoms with Gasteiger partial charge in [-0.15, -0.1) is 11.6 Å². The van der Waals surface area contributed by atoms with Crippen molar-refractivity contribution in [2.24, 2.45) is 5.41 Å². The van der Waals surface area contributed by atoms with Crippen LogP contribution < -0.4 is 5.32 Å². The highest BCUT2D eigenvalue weighted by Gasteiger charge is 2.18. The molecule has 1 atom stereocenters. The lowest BCUT2D eigenvalue weighted by Gasteiger charge is -2.21. The fraction of sp³-hybridized carbons (Fsp3) is 0.900. The van der Waals surface area contributed by atoms with Gasteiger partial charge in [-0.1, -0.05) is 20.8 Å². The fourth-order valence-electron chi connectivity index (χ4n) is 1.25. The molecule has 1 N–H and O–H groups in total. The summed E-state index contributed by atoms with van der Waals surface area (Å²) in [7, 11) is -3.26. The molecular weight excluding hydrogens is 250 g/mol. The zero-order chi connectivity index (χ0) is 13.0. The van der Waals surface area contributed by atoms with Gasteiger partial charge in [0.2, 0.25) is 5.91 Å². The van der Waals surface area contributed by atoms with Gasteiger partial charge in [0, 0.05) is 12.8 Å². The third kappa shape index (κ3) is 10.2. The van der Waals surface area contributed by atoms with E-state index in [4.69, 9.17) is 11.6 Å². The number of halogens is 1. The molecule has 1 amide bonds. The number of carbonyl (C=O) groups is 1. The normalized spacial score (nSPS) is 14.6. The molecule has 0 aliphatic carbocycles. The van der Waals surface area contributed by atoms with Crippen LogP contribution in [0.4, 0.5) is 0 Å². The standard InChI is InChI=1S/C10H20ClNO3S/c1-10(2,3)5-8(11)6-12-9(13)7-16(4,14)15/h8H,5-7H2,1-4H3,(H,12,13). The van der Waals surface area contributed by atoms with Crippen molar-refractivity contribution >= 4 is 27.3 Å². The van der Waals surface area contributed by atoms with Crippen LogP contribution in [0.25, 0.3) is 0 Å². The molecule has 0 aliphatic heterocycles. The summed E-state index contributed by atoms with van der Waals surface area (Å²) in [6.45, 7) is 6.47. The second-order valence-electron chi connectivity index (χ2n) is 5.24. The van der Waals surface area contributed by atoms with Crippen molar-refractivity contribution in [3.63, 3.8) is 0 Å². The van der Waals surface area contributed by atoms with E-state index in [1.54, 1.807) is 0 Å². The van der Waals surface area contributed by atoms with Gasteiger partial charge in [-0.25, -0.2) is 8.42 Å². The van der Waals surface area contributed by atoms with E-state index >= 15 is 0 Å². The summed E-state index contributed by atoms with van der Waals surface area (Å²) in [4.78, 5) is 11.2. The third-order valence-corrected chi connectivity index (χ3v) is 2.84. The van der Waals surface area contributed by atoms with Crippen LogP contribution in [-0.4, -0.2) is 38.3 Å². The Morgan fingerprint density at radius 3 is 2.25 bits per heavy atom. The molecule has 0 fully saturated rings. The van der Waals surface area contributed by atoms with Crippen molar-refractivity contribution < 1.29 is 13.2 Å². The van der Waals surface area contributed by atoms with Crippen molar-refractivity contribution in [1.82, 2.24) is 5.32 Å². The Labute approximate surface area is 103 Å². The zero-order valence-electron chi connectivity index (χ0n) is 10.2. The molecule has 0 aromatic rings. The van der Waals surface area contributed by atoms with Crippen molar-refractivity contribution in [3.05, 3.63) is 0 Å². The van der Waals surface area contributed by atoms with Crippen LogP contribution in [-0.2, 0) is 14.6 Å². The third-order valence-electron chi connectivity index (χ3n) is 1.75. The van der Waals surface area contributed by atoms with Crippen LogP contribution in [0.2, 0.25) is 0 Å². The Kier molecular flexibility index (Phi) is 5.76. The SMILES string of the molecule is CC(C)(C)CC(Cl)CNC(=O)CS(C)(=O)=O. The Morgan fingerprint density at radius 1 is 1.38 bits per heavy atom. The quantitative estimate of drug-likeness (QED) is 0.763. The van der Waals surface area contributed by atoms with E-state index < -0.39 is 21.5 Å². The van der Waals surface area contributed by atoms with Gasteiger partial charge in [0.1, 0.15) is 5.75 Å². The second-order valence-corrected chi connectivity index (χ2v) is 7.99. The lowest BCUT2D eigenvalue weighted by Crippen LogP contribution is -2.35. The molecular formula is C10H20ClNO3S. The highest BCUT2D eigenvalue weighted by atomic mass is 35.5. The van der Waals surface area contributed by atoms with Crippen LogP contribution in [0.15, 0.2) is 0 Å². The van der Waals surface area contributed by atoms with E-state index in [9.17, 15) is 13.2 Å². The zero-order valence-corrected chi connectivity index (χ0v) is 11.8. The van der Waals surface area contributed by atoms with Gasteiger partial charge >= 0.3 is 0 Å². The minimum atomic E-state index is -3.26. The summed E-state index contributed by atoms with van der Waals surface area (Å²) >= 11 is 6.02. The molecule has 0 heterocycles. The number of sulfone groups is 1. The number of carbonyl (C=O) groups excluding carboxylic acids is 1. The summed E-state index contributed by atoms with van der Waals surface area (Å²) in [6.07, 6.45) is 1.79. The van der Waals surface area contributed by atoms with Crippen molar-refractivity contribution in [2.45, 2.75) is 32.6 Å². The van der Waals surface area contributed by atoms with Crippen LogP contribution >= 0.6 is 11.6 Å². The first kappa shape index (κ1) is 15.7. The molecule has 0 spiro atoms. The first-order valence-corrected chi connectivity index (χ1v) is 7.58. The van der Waals surface area contributed by atoms with Crippen LogP contribution in [0.5, 0.6) is 0 Å². The maximum absolute atomic E-state index is 11.2. The molecule has 0 aliphatic rings. The predicted molar refractivity (Wildman–Crippen MR) is 66.4 cm³/mol. The van der Waals surface area contributed by atoms with E-state index in [-0.39, 0.29) is 10.8 Å². The number of rotatable bonds is 5. The Bertz CT molecular complexity index is 332. The number of alkyl halides is 1. The van der Waals surface area contributed by atoms with Gasteiger partial charge in [0.25, 0.3) is 0 Å². The summed E-state index contributed by atoms with van der Waals surface area (Å²) in [5.74, 6) is -0.978. The van der Waals surface area contributed by atoms with Crippen LogP contribution in [0.3, 0.4) is 0 Å². The molecule has 0 saturated heterocycles. The maximum atomic E-state index is 11.2. The maximum Gasteiger partial charge on any atom is 0.235 e. The van der Waals surface area contributed by atoms with Gasteiger partial charge < -0.3 is 5.32 Å². The average molecular weight is 270 g/mol. The summed E-state index contributed by atoms with van der Waals surface area (Å²) in [5, 5.41) is 2.33. The first-order valence-electron chi connectivity index (χ1n) is 5.08. The molecule has 0 aromatic heterocycles. The molecule has 0 bridgehead atoms. The van der Waals surface area contributed by atoms with Crippen molar-refractivity contribution in [2.75, 3.05) is 18.6 Å². The van der Waals surface area contributed by atoms with Crippen LogP contribution in [0.1, 0.15) is 27.2 Å². The molecule has 0 radical (unpaired) electrons. The smallest absolute Gasteiger partial charge is 0.235 e. The predicted octanol–water partition coefficient (Wildman–Crippen LogP) is 1.19. The summed E-state index contributed by atoms with van der Waals surface area (Å²) < 4.78 is 21.6. The van der Waals surface area contributed by atoms with Gasteiger partial charge in [-0.3, -0.25) is 4.79 Å². The topological polar surface area (TPSA) is 63.2 Å². The minimum Gasteiger partial charge on any atom is -0.354 e. The molecule has 0 aromatic carbocycles. The molecule has 16 heavy (non-hydrogen) atoms. The molecule has 96 valence electrons. The Hall–Kier alpha value is -0.290. The van der Waals surface area contributed by atoms with E-state index in [1.165, 1.54) is 0 Å². The first-order chi connectivity index (χ1) is 6.99. The number of amides is 1. The lowest BCUT2D eigenvalue weighted by atomic mass is 9.90. The van der Waals surface area contributed by atoms with Gasteiger partial charge in [0.15, 0.2) is 9.84 Å². The monoisotopic (exact) mass is 269 g/mol. The second kappa shape index (κ2) is 5.87. The van der Waals surface area contributed by atoms with Gasteiger partial charge in [-0.05, 0) is 11.8 Å². The highest BCUT2D eigenvalue weighted by Crippen LogP contribution is 2.23. The summed E-state index contributed by atoms with van der Waals surface area (Å²) in [5.41, 5.74) is 0.0912. The summed E-state index contributed by atoms with van der Waals surface area (Å²) in [6, 6.07) is 0. The van der Waals surface area contributed by atoms with E-state index in [0.717, 1.165) is 12.7 Å². The average Bonchev–Trinajstić information content (AvgIpc) is 1.94. The molecule has 0 rings (SSSR count). The Balaban J connectivity index is 3.94. The van der Waals surface area contributed by atoms with E-state index in [1.807, 2.05) is 0 Å². The largest absolute Gasteiger partial charge is 0.354 e. The minimum absolute atomic E-state index is 0.0912. The van der Waals surface area contributed by atoms with E-state index in [0.29, 0.717) is 6.54 Å². The fourth-order valence-corrected chi connectivity index (χ4v) is 2.37. The van der Waals surface area contributed by atoms with Gasteiger partial charge in [0.05, 0.1) is 5.38 Å².